The predicted molar refractivity (Wildman–Crippen MR) is 78.6 cm³/mol. The fourth-order valence-electron chi connectivity index (χ4n) is 3.40. The third-order valence-corrected chi connectivity index (χ3v) is 4.49. The summed E-state index contributed by atoms with van der Waals surface area (Å²) in [7, 11) is 0. The standard InChI is InChI=1S/C17H23NO2/c19-17(12-13-6-2-1-3-7-13)18-15-10-11-20-16-9-5-4-8-14(15)16/h4-5,8-9,13,15H,1-3,6-7,10-12H2,(H,18,19). The maximum atomic E-state index is 12.2. The highest BCUT2D eigenvalue weighted by atomic mass is 16.5. The molecule has 0 radical (unpaired) electrons. The van der Waals surface area contributed by atoms with E-state index in [-0.39, 0.29) is 11.9 Å². The first-order valence-electron chi connectivity index (χ1n) is 7.84. The summed E-state index contributed by atoms with van der Waals surface area (Å²) < 4.78 is 5.63. The molecule has 3 rings (SSSR count). The van der Waals surface area contributed by atoms with Crippen LogP contribution in [0.2, 0.25) is 0 Å². The van der Waals surface area contributed by atoms with Crippen molar-refractivity contribution in [2.75, 3.05) is 6.61 Å². The van der Waals surface area contributed by atoms with E-state index in [0.29, 0.717) is 18.9 Å². The Balaban J connectivity index is 1.59. The number of hydrogen-bond donors (Lipinski definition) is 1. The lowest BCUT2D eigenvalue weighted by molar-refractivity contribution is -0.123. The van der Waals surface area contributed by atoms with E-state index in [1.807, 2.05) is 18.2 Å². The van der Waals surface area contributed by atoms with Crippen molar-refractivity contribution in [2.45, 2.75) is 51.0 Å². The molecule has 1 atom stereocenters. The van der Waals surface area contributed by atoms with Gasteiger partial charge in [-0.05, 0) is 24.8 Å². The summed E-state index contributed by atoms with van der Waals surface area (Å²) in [6.45, 7) is 0.686. The first-order valence-corrected chi connectivity index (χ1v) is 7.84. The second kappa shape index (κ2) is 6.29. The number of rotatable bonds is 3. The third kappa shape index (κ3) is 3.14. The van der Waals surface area contributed by atoms with Crippen molar-refractivity contribution in [2.24, 2.45) is 5.92 Å². The number of amides is 1. The van der Waals surface area contributed by atoms with Crippen molar-refractivity contribution in [3.8, 4) is 5.75 Å². The quantitative estimate of drug-likeness (QED) is 0.914. The molecule has 0 bridgehead atoms. The molecule has 3 nitrogen and oxygen atoms in total. The van der Waals surface area contributed by atoms with Crippen molar-refractivity contribution >= 4 is 5.91 Å². The van der Waals surface area contributed by atoms with Gasteiger partial charge >= 0.3 is 0 Å². The first kappa shape index (κ1) is 13.5. The van der Waals surface area contributed by atoms with Crippen LogP contribution in [0.5, 0.6) is 5.75 Å². The zero-order chi connectivity index (χ0) is 13.8. The normalized spacial score (nSPS) is 22.7. The van der Waals surface area contributed by atoms with Crippen molar-refractivity contribution in [3.63, 3.8) is 0 Å². The average molecular weight is 273 g/mol. The predicted octanol–water partition coefficient (Wildman–Crippen LogP) is 3.60. The Morgan fingerprint density at radius 1 is 1.15 bits per heavy atom. The Kier molecular flexibility index (Phi) is 4.24. The van der Waals surface area contributed by atoms with Crippen LogP contribution >= 0.6 is 0 Å². The van der Waals surface area contributed by atoms with Gasteiger partial charge in [0, 0.05) is 18.4 Å². The minimum atomic E-state index is 0.121. The lowest BCUT2D eigenvalue weighted by atomic mass is 9.86. The molecular formula is C17H23NO2. The molecule has 2 aliphatic rings. The van der Waals surface area contributed by atoms with E-state index in [1.165, 1.54) is 32.1 Å². The number of ether oxygens (including phenoxy) is 1. The summed E-state index contributed by atoms with van der Waals surface area (Å²) in [6, 6.07) is 8.14. The topological polar surface area (TPSA) is 38.3 Å². The number of carbonyl (C=O) groups is 1. The maximum absolute atomic E-state index is 12.2. The number of para-hydroxylation sites is 1. The summed E-state index contributed by atoms with van der Waals surface area (Å²) in [5.41, 5.74) is 1.12. The molecule has 0 spiro atoms. The van der Waals surface area contributed by atoms with Gasteiger partial charge in [-0.25, -0.2) is 0 Å². The molecule has 0 aromatic heterocycles. The number of nitrogens with one attached hydrogen (secondary N) is 1. The van der Waals surface area contributed by atoms with Gasteiger partial charge in [-0.15, -0.1) is 0 Å². The van der Waals surface area contributed by atoms with Crippen LogP contribution in [0.4, 0.5) is 0 Å². The summed E-state index contributed by atoms with van der Waals surface area (Å²) in [6.07, 6.45) is 7.92. The molecule has 1 fully saturated rings. The van der Waals surface area contributed by atoms with Gasteiger partial charge < -0.3 is 10.1 Å². The van der Waals surface area contributed by atoms with Crippen LogP contribution in [0, 0.1) is 5.92 Å². The maximum Gasteiger partial charge on any atom is 0.220 e. The van der Waals surface area contributed by atoms with Gasteiger partial charge in [0.15, 0.2) is 0 Å². The molecule has 1 aromatic rings. The lowest BCUT2D eigenvalue weighted by Gasteiger charge is -2.28. The third-order valence-electron chi connectivity index (χ3n) is 4.49. The Hall–Kier alpha value is -1.51. The SMILES string of the molecule is O=C(CC1CCCCC1)NC1CCOc2ccccc21. The highest BCUT2D eigenvalue weighted by Gasteiger charge is 2.24. The number of benzene rings is 1. The Bertz CT molecular complexity index is 466. The summed E-state index contributed by atoms with van der Waals surface area (Å²) >= 11 is 0. The molecule has 108 valence electrons. The van der Waals surface area contributed by atoms with Crippen LogP contribution < -0.4 is 10.1 Å². The van der Waals surface area contributed by atoms with Crippen LogP contribution in [0.3, 0.4) is 0 Å². The molecular weight excluding hydrogens is 250 g/mol. The monoisotopic (exact) mass is 273 g/mol. The zero-order valence-corrected chi connectivity index (χ0v) is 11.9. The molecule has 1 unspecified atom stereocenters. The van der Waals surface area contributed by atoms with Crippen LogP contribution in [0.1, 0.15) is 56.6 Å². The molecule has 1 saturated carbocycles. The van der Waals surface area contributed by atoms with E-state index < -0.39 is 0 Å². The highest BCUT2D eigenvalue weighted by molar-refractivity contribution is 5.76. The zero-order valence-electron chi connectivity index (χ0n) is 11.9. The Labute approximate surface area is 120 Å². The van der Waals surface area contributed by atoms with Crippen LogP contribution in [-0.2, 0) is 4.79 Å². The van der Waals surface area contributed by atoms with E-state index in [4.69, 9.17) is 4.74 Å². The number of fused-ring (bicyclic) bond motifs is 1. The van der Waals surface area contributed by atoms with Crippen molar-refractivity contribution < 1.29 is 9.53 Å². The molecule has 3 heteroatoms. The molecule has 20 heavy (non-hydrogen) atoms. The Morgan fingerprint density at radius 3 is 2.80 bits per heavy atom. The second-order valence-corrected chi connectivity index (χ2v) is 6.00. The number of hydrogen-bond acceptors (Lipinski definition) is 2. The second-order valence-electron chi connectivity index (χ2n) is 6.00. The van der Waals surface area contributed by atoms with E-state index in [1.54, 1.807) is 0 Å². The van der Waals surface area contributed by atoms with Gasteiger partial charge in [0.25, 0.3) is 0 Å². The molecule has 1 aromatic carbocycles. The van der Waals surface area contributed by atoms with Gasteiger partial charge in [-0.2, -0.15) is 0 Å². The Morgan fingerprint density at radius 2 is 1.95 bits per heavy atom. The van der Waals surface area contributed by atoms with Crippen molar-refractivity contribution in [1.82, 2.24) is 5.32 Å². The van der Waals surface area contributed by atoms with Crippen LogP contribution in [0.15, 0.2) is 24.3 Å². The van der Waals surface area contributed by atoms with E-state index in [9.17, 15) is 4.79 Å². The fraction of sp³-hybridized carbons (Fsp3) is 0.588. The minimum absolute atomic E-state index is 0.121. The summed E-state index contributed by atoms with van der Waals surface area (Å²) in [5, 5.41) is 3.20. The van der Waals surface area contributed by atoms with E-state index in [0.717, 1.165) is 17.7 Å². The fourth-order valence-corrected chi connectivity index (χ4v) is 3.40. The van der Waals surface area contributed by atoms with Crippen molar-refractivity contribution in [1.29, 1.82) is 0 Å². The van der Waals surface area contributed by atoms with E-state index in [2.05, 4.69) is 11.4 Å². The van der Waals surface area contributed by atoms with Crippen LogP contribution in [-0.4, -0.2) is 12.5 Å². The first-order chi connectivity index (χ1) is 9.83. The smallest absolute Gasteiger partial charge is 0.220 e. The minimum Gasteiger partial charge on any atom is -0.493 e. The summed E-state index contributed by atoms with van der Waals surface area (Å²) in [5.74, 6) is 1.72. The van der Waals surface area contributed by atoms with Gasteiger partial charge in [0.05, 0.1) is 12.6 Å². The molecule has 1 amide bonds. The molecule has 1 heterocycles. The average Bonchev–Trinajstić information content (AvgIpc) is 2.48. The highest BCUT2D eigenvalue weighted by Crippen LogP contribution is 2.32. The molecule has 0 saturated heterocycles. The van der Waals surface area contributed by atoms with Gasteiger partial charge in [-0.1, -0.05) is 37.5 Å². The van der Waals surface area contributed by atoms with Gasteiger partial charge in [-0.3, -0.25) is 4.79 Å². The lowest BCUT2D eigenvalue weighted by Crippen LogP contribution is -2.33. The summed E-state index contributed by atoms with van der Waals surface area (Å²) in [4.78, 5) is 12.2. The van der Waals surface area contributed by atoms with Crippen LogP contribution in [0.25, 0.3) is 0 Å². The molecule has 1 aliphatic carbocycles. The number of carbonyl (C=O) groups excluding carboxylic acids is 1. The van der Waals surface area contributed by atoms with Gasteiger partial charge in [0.1, 0.15) is 5.75 Å². The largest absolute Gasteiger partial charge is 0.493 e. The van der Waals surface area contributed by atoms with E-state index >= 15 is 0 Å². The van der Waals surface area contributed by atoms with Crippen molar-refractivity contribution in [3.05, 3.63) is 29.8 Å². The molecule has 1 aliphatic heterocycles. The van der Waals surface area contributed by atoms with Gasteiger partial charge in [0.2, 0.25) is 5.91 Å². The molecule has 1 N–H and O–H groups in total.